The molecule has 8 rings (SSSR count). The summed E-state index contributed by atoms with van der Waals surface area (Å²) in [5, 5.41) is 10.7. The van der Waals surface area contributed by atoms with Crippen LogP contribution in [0.4, 0.5) is 8.78 Å². The van der Waals surface area contributed by atoms with E-state index in [9.17, 15) is 5.11 Å². The zero-order valence-corrected chi connectivity index (χ0v) is 22.1. The quantitative estimate of drug-likeness (QED) is 0.381. The summed E-state index contributed by atoms with van der Waals surface area (Å²) in [6.07, 6.45) is 5.21. The van der Waals surface area contributed by atoms with Gasteiger partial charge in [0.1, 0.15) is 29.6 Å². The SMILES string of the molecule is OC(COC1CC2CC1C1CCC(OCC3CO3)C21F)COC1CCC2C3CC(CC3OCC3CO3)C12F. The van der Waals surface area contributed by atoms with Crippen LogP contribution in [-0.4, -0.2) is 98.8 Å². The van der Waals surface area contributed by atoms with E-state index >= 15 is 8.78 Å². The summed E-state index contributed by atoms with van der Waals surface area (Å²) in [6, 6.07) is 0. The number of halogens is 2. The van der Waals surface area contributed by atoms with E-state index in [2.05, 4.69) is 0 Å². The zero-order chi connectivity index (χ0) is 25.6. The van der Waals surface area contributed by atoms with Crippen LogP contribution in [0.3, 0.4) is 0 Å². The van der Waals surface area contributed by atoms with Gasteiger partial charge >= 0.3 is 0 Å². The highest BCUT2D eigenvalue weighted by molar-refractivity contribution is 5.18. The fraction of sp³-hybridized carbons (Fsp3) is 1.00. The maximum Gasteiger partial charge on any atom is 0.143 e. The van der Waals surface area contributed by atoms with Gasteiger partial charge in [-0.25, -0.2) is 8.78 Å². The number of aliphatic hydroxyl groups excluding tert-OH is 1. The second-order valence-electron chi connectivity index (χ2n) is 13.6. The Balaban J connectivity index is 0.804. The molecule has 214 valence electrons. The molecule has 6 aliphatic carbocycles. The topological polar surface area (TPSA) is 82.2 Å². The molecule has 0 aromatic carbocycles. The highest BCUT2D eigenvalue weighted by Crippen LogP contribution is 2.65. The molecule has 8 aliphatic rings. The summed E-state index contributed by atoms with van der Waals surface area (Å²) in [5.41, 5.74) is -2.55. The van der Waals surface area contributed by atoms with Crippen molar-refractivity contribution in [3.63, 3.8) is 0 Å². The van der Waals surface area contributed by atoms with Gasteiger partial charge in [0.25, 0.3) is 0 Å². The van der Waals surface area contributed by atoms with Crippen LogP contribution in [0.25, 0.3) is 0 Å². The van der Waals surface area contributed by atoms with Crippen LogP contribution in [0.15, 0.2) is 0 Å². The van der Waals surface area contributed by atoms with E-state index < -0.39 is 23.5 Å². The molecular weight excluding hydrogens is 498 g/mol. The molecule has 0 amide bonds. The van der Waals surface area contributed by atoms with Crippen LogP contribution in [0.1, 0.15) is 51.4 Å². The van der Waals surface area contributed by atoms with Gasteiger partial charge < -0.3 is 33.5 Å². The molecule has 1 N–H and O–H groups in total. The Kier molecular flexibility index (Phi) is 6.19. The number of epoxide rings is 2. The van der Waals surface area contributed by atoms with Gasteiger partial charge in [-0.2, -0.15) is 0 Å². The van der Waals surface area contributed by atoms with Crippen molar-refractivity contribution in [3.8, 4) is 0 Å². The lowest BCUT2D eigenvalue weighted by Gasteiger charge is -2.40. The first-order valence-corrected chi connectivity index (χ1v) is 15.2. The van der Waals surface area contributed by atoms with Crippen molar-refractivity contribution >= 4 is 0 Å². The van der Waals surface area contributed by atoms with Gasteiger partial charge in [0, 0.05) is 11.8 Å². The number of alkyl halides is 2. The van der Waals surface area contributed by atoms with Gasteiger partial charge in [-0.05, 0) is 75.0 Å². The minimum Gasteiger partial charge on any atom is -0.388 e. The van der Waals surface area contributed by atoms with Gasteiger partial charge in [-0.15, -0.1) is 0 Å². The van der Waals surface area contributed by atoms with Gasteiger partial charge in [-0.1, -0.05) is 0 Å². The predicted octanol–water partition coefficient (Wildman–Crippen LogP) is 3.00. The molecule has 2 heterocycles. The van der Waals surface area contributed by atoms with Crippen molar-refractivity contribution in [2.75, 3.05) is 39.6 Å². The van der Waals surface area contributed by atoms with Crippen molar-refractivity contribution in [1.29, 1.82) is 0 Å². The third-order valence-corrected chi connectivity index (χ3v) is 11.8. The lowest BCUT2D eigenvalue weighted by Crippen LogP contribution is -2.49. The molecule has 0 radical (unpaired) electrons. The largest absolute Gasteiger partial charge is 0.388 e. The minimum atomic E-state index is -1.30. The number of hydrogen-bond acceptors (Lipinski definition) is 7. The van der Waals surface area contributed by atoms with E-state index in [1.54, 1.807) is 0 Å². The third kappa shape index (κ3) is 3.97. The molecule has 8 fully saturated rings. The average Bonchev–Trinajstić information content (AvgIpc) is 3.66. The van der Waals surface area contributed by atoms with Crippen LogP contribution < -0.4 is 0 Å². The number of ether oxygens (including phenoxy) is 6. The Labute approximate surface area is 223 Å². The third-order valence-electron chi connectivity index (χ3n) is 11.8. The fourth-order valence-electron chi connectivity index (χ4n) is 9.97. The lowest BCUT2D eigenvalue weighted by molar-refractivity contribution is -0.138. The van der Waals surface area contributed by atoms with E-state index in [1.807, 2.05) is 0 Å². The first-order chi connectivity index (χ1) is 18.4. The second-order valence-corrected chi connectivity index (χ2v) is 13.6. The summed E-state index contributed by atoms with van der Waals surface area (Å²) in [5.74, 6) is 0.380. The smallest absolute Gasteiger partial charge is 0.143 e. The minimum absolute atomic E-state index is 0.00390. The predicted molar refractivity (Wildman–Crippen MR) is 130 cm³/mol. The molecule has 15 unspecified atom stereocenters. The van der Waals surface area contributed by atoms with E-state index in [0.29, 0.717) is 26.1 Å². The molecule has 0 aromatic heterocycles. The van der Waals surface area contributed by atoms with Gasteiger partial charge in [0.15, 0.2) is 0 Å². The Morgan fingerprint density at radius 3 is 1.76 bits per heavy atom. The maximum absolute atomic E-state index is 16.3. The van der Waals surface area contributed by atoms with E-state index in [0.717, 1.165) is 51.7 Å². The number of rotatable bonds is 12. The molecule has 15 atom stereocenters. The molecule has 38 heavy (non-hydrogen) atoms. The number of aliphatic hydroxyl groups is 1. The molecule has 0 spiro atoms. The van der Waals surface area contributed by atoms with Crippen molar-refractivity contribution < 1.29 is 42.3 Å². The maximum atomic E-state index is 16.3. The van der Waals surface area contributed by atoms with Crippen molar-refractivity contribution in [3.05, 3.63) is 0 Å². The summed E-state index contributed by atoms with van der Waals surface area (Å²) in [7, 11) is 0. The van der Waals surface area contributed by atoms with Crippen LogP contribution in [0.2, 0.25) is 0 Å². The van der Waals surface area contributed by atoms with Gasteiger partial charge in [0.2, 0.25) is 0 Å². The highest BCUT2D eigenvalue weighted by atomic mass is 19.1. The Hall–Kier alpha value is -0.420. The van der Waals surface area contributed by atoms with E-state index in [-0.39, 0.29) is 79.2 Å². The molecule has 4 bridgehead atoms. The van der Waals surface area contributed by atoms with E-state index in [1.165, 1.54) is 0 Å². The normalized spacial score (nSPS) is 56.0. The van der Waals surface area contributed by atoms with Gasteiger partial charge in [0.05, 0.1) is 64.1 Å². The molecule has 7 nitrogen and oxygen atoms in total. The number of fused-ring (bicyclic) bond motifs is 10. The second kappa shape index (κ2) is 9.30. The summed E-state index contributed by atoms with van der Waals surface area (Å²) >= 11 is 0. The monoisotopic (exact) mass is 540 g/mol. The molecule has 6 saturated carbocycles. The lowest BCUT2D eigenvalue weighted by atomic mass is 9.77. The van der Waals surface area contributed by atoms with Gasteiger partial charge in [-0.3, -0.25) is 0 Å². The fourth-order valence-corrected chi connectivity index (χ4v) is 9.97. The van der Waals surface area contributed by atoms with Crippen molar-refractivity contribution in [1.82, 2.24) is 0 Å². The Morgan fingerprint density at radius 2 is 1.18 bits per heavy atom. The van der Waals surface area contributed by atoms with Crippen LogP contribution in [-0.2, 0) is 28.4 Å². The van der Waals surface area contributed by atoms with Crippen LogP contribution in [0.5, 0.6) is 0 Å². The highest BCUT2D eigenvalue weighted by Gasteiger charge is 2.70. The summed E-state index contributed by atoms with van der Waals surface area (Å²) < 4.78 is 67.3. The first kappa shape index (κ1) is 25.3. The molecule has 0 aromatic rings. The first-order valence-electron chi connectivity index (χ1n) is 15.2. The van der Waals surface area contributed by atoms with E-state index in [4.69, 9.17) is 28.4 Å². The van der Waals surface area contributed by atoms with Crippen LogP contribution in [0, 0.1) is 35.5 Å². The summed E-state index contributed by atoms with van der Waals surface area (Å²) in [6.45, 7) is 2.87. The van der Waals surface area contributed by atoms with Crippen molar-refractivity contribution in [2.45, 2.75) is 105 Å². The molecular formula is C29H42F2O7. The van der Waals surface area contributed by atoms with Crippen LogP contribution >= 0.6 is 0 Å². The summed E-state index contributed by atoms with van der Waals surface area (Å²) in [4.78, 5) is 0. The Morgan fingerprint density at radius 1 is 0.684 bits per heavy atom. The average molecular weight is 541 g/mol. The molecule has 9 heteroatoms. The standard InChI is InChI=1S/C29H42F2O7/c30-28-16-6-21(25(8-16)36-13-18-11-33-18)23(28)1-3-26(28)37-10-17(32)9-35-24-7-15-5-20(24)22-2-4-27(29(15,22)31)38-14-19-12-34-19/h15-27,32H,1-14H2. The molecule has 2 aliphatic heterocycles. The number of hydrogen-bond donors (Lipinski definition) is 1. The van der Waals surface area contributed by atoms with Crippen molar-refractivity contribution in [2.24, 2.45) is 35.5 Å². The molecule has 2 saturated heterocycles. The zero-order valence-electron chi connectivity index (χ0n) is 22.1. The Bertz CT molecular complexity index is 902.